The molecule has 4 nitrogen and oxygen atoms in total. The molecule has 0 aromatic rings. The van der Waals surface area contributed by atoms with E-state index in [1.807, 2.05) is 0 Å². The Balaban J connectivity index is 0.000000720. The lowest BCUT2D eigenvalue weighted by molar-refractivity contribution is 0.109. The molecule has 0 radical (unpaired) electrons. The van der Waals surface area contributed by atoms with Gasteiger partial charge in [0, 0.05) is 25.2 Å². The molecule has 0 aliphatic carbocycles. The molecule has 2 rings (SSSR count). The molecule has 2 N–H and O–H groups in total. The van der Waals surface area contributed by atoms with Gasteiger partial charge in [0.25, 0.3) is 0 Å². The van der Waals surface area contributed by atoms with Crippen LogP contribution < -0.4 is 5.32 Å². The van der Waals surface area contributed by atoms with Gasteiger partial charge in [-0.2, -0.15) is 0 Å². The molecule has 0 spiro atoms. The highest BCUT2D eigenvalue weighted by Gasteiger charge is 2.39. The van der Waals surface area contributed by atoms with Crippen LogP contribution in [0.3, 0.4) is 0 Å². The highest BCUT2D eigenvalue weighted by molar-refractivity contribution is 5.85. The average molecular weight is 193 g/mol. The summed E-state index contributed by atoms with van der Waals surface area (Å²) >= 11 is 0. The highest BCUT2D eigenvalue weighted by atomic mass is 35.5. The molecule has 2 atom stereocenters. The average Bonchev–Trinajstić information content (AvgIpc) is 2.23. The van der Waals surface area contributed by atoms with E-state index >= 15 is 0 Å². The molecule has 12 heavy (non-hydrogen) atoms. The Morgan fingerprint density at radius 1 is 1.33 bits per heavy atom. The maximum Gasteiger partial charge on any atom is 0.407 e. The van der Waals surface area contributed by atoms with Gasteiger partial charge in [-0.05, 0) is 12.8 Å². The lowest BCUT2D eigenvalue weighted by Crippen LogP contribution is -2.53. The third kappa shape index (κ3) is 1.36. The second kappa shape index (κ2) is 3.49. The fourth-order valence-corrected chi connectivity index (χ4v) is 2.09. The third-order valence-electron chi connectivity index (χ3n) is 2.60. The van der Waals surface area contributed by atoms with E-state index < -0.39 is 6.09 Å². The van der Waals surface area contributed by atoms with Crippen molar-refractivity contribution in [2.24, 2.45) is 0 Å². The summed E-state index contributed by atoms with van der Waals surface area (Å²) in [5.41, 5.74) is 0. The predicted octanol–water partition coefficient (Wildman–Crippen LogP) is 0.522. The standard InChI is InChI=1S/C7H12N2O2.ClH/c10-7(11)9-5-1-2-6(9)4-8-3-5;/h5-6,8H,1-4H2,(H,10,11);1H. The molecule has 2 aliphatic heterocycles. The second-order valence-corrected chi connectivity index (χ2v) is 3.23. The first-order valence-corrected chi connectivity index (χ1v) is 4.01. The molecule has 0 aromatic heterocycles. The third-order valence-corrected chi connectivity index (χ3v) is 2.60. The zero-order valence-corrected chi connectivity index (χ0v) is 7.51. The maximum absolute atomic E-state index is 10.7. The lowest BCUT2D eigenvalue weighted by Gasteiger charge is -2.32. The van der Waals surface area contributed by atoms with Crippen LogP contribution in [0.5, 0.6) is 0 Å². The van der Waals surface area contributed by atoms with Gasteiger partial charge in [0.2, 0.25) is 0 Å². The zero-order chi connectivity index (χ0) is 7.84. The Bertz CT molecular complexity index is 172. The number of nitrogens with one attached hydrogen (secondary N) is 1. The Kier molecular flexibility index (Phi) is 2.80. The number of rotatable bonds is 0. The summed E-state index contributed by atoms with van der Waals surface area (Å²) in [4.78, 5) is 12.3. The fraction of sp³-hybridized carbons (Fsp3) is 0.857. The van der Waals surface area contributed by atoms with Crippen molar-refractivity contribution < 1.29 is 9.90 Å². The normalized spacial score (nSPS) is 32.8. The van der Waals surface area contributed by atoms with E-state index in [-0.39, 0.29) is 24.5 Å². The van der Waals surface area contributed by atoms with Gasteiger partial charge in [-0.3, -0.25) is 4.90 Å². The van der Waals surface area contributed by atoms with Crippen LogP contribution in [0.1, 0.15) is 12.8 Å². The van der Waals surface area contributed by atoms with Crippen LogP contribution in [0.4, 0.5) is 4.79 Å². The molecule has 5 heteroatoms. The van der Waals surface area contributed by atoms with Gasteiger partial charge < -0.3 is 10.4 Å². The summed E-state index contributed by atoms with van der Waals surface area (Å²) in [6.07, 6.45) is 1.31. The van der Waals surface area contributed by atoms with Crippen molar-refractivity contribution in [3.63, 3.8) is 0 Å². The number of fused-ring (bicyclic) bond motifs is 2. The number of piperazine rings is 1. The van der Waals surface area contributed by atoms with Crippen molar-refractivity contribution >= 4 is 18.5 Å². The summed E-state index contributed by atoms with van der Waals surface area (Å²) in [5.74, 6) is 0. The first-order chi connectivity index (χ1) is 5.29. The summed E-state index contributed by atoms with van der Waals surface area (Å²) in [7, 11) is 0. The Morgan fingerprint density at radius 2 is 1.83 bits per heavy atom. The second-order valence-electron chi connectivity index (χ2n) is 3.23. The first-order valence-electron chi connectivity index (χ1n) is 4.01. The molecule has 2 saturated heterocycles. The van der Waals surface area contributed by atoms with E-state index in [0.29, 0.717) is 0 Å². The molecule has 2 bridgehead atoms. The van der Waals surface area contributed by atoms with E-state index in [9.17, 15) is 4.79 Å². The molecule has 2 heterocycles. The zero-order valence-electron chi connectivity index (χ0n) is 6.69. The van der Waals surface area contributed by atoms with Crippen molar-refractivity contribution in [2.45, 2.75) is 24.9 Å². The van der Waals surface area contributed by atoms with Gasteiger partial charge >= 0.3 is 6.09 Å². The van der Waals surface area contributed by atoms with Crippen LogP contribution in [0, 0.1) is 0 Å². The molecule has 1 amide bonds. The van der Waals surface area contributed by atoms with E-state index in [1.54, 1.807) is 4.90 Å². The lowest BCUT2D eigenvalue weighted by atomic mass is 10.2. The first kappa shape index (κ1) is 9.61. The van der Waals surface area contributed by atoms with Crippen LogP contribution in [0.25, 0.3) is 0 Å². The number of carboxylic acid groups (broad SMARTS) is 1. The van der Waals surface area contributed by atoms with Crippen LogP contribution in [0.15, 0.2) is 0 Å². The SMILES string of the molecule is Cl.O=C(O)N1C2CCC1CNC2. The number of carbonyl (C=O) groups is 1. The minimum absolute atomic E-state index is 0. The molecule has 2 aliphatic rings. The number of halogens is 1. The minimum Gasteiger partial charge on any atom is -0.465 e. The fourth-order valence-electron chi connectivity index (χ4n) is 2.09. The predicted molar refractivity (Wildman–Crippen MR) is 46.8 cm³/mol. The Morgan fingerprint density at radius 3 is 2.17 bits per heavy atom. The minimum atomic E-state index is -0.751. The van der Waals surface area contributed by atoms with Gasteiger partial charge in [0.15, 0.2) is 0 Å². The molecular weight excluding hydrogens is 180 g/mol. The van der Waals surface area contributed by atoms with Crippen LogP contribution in [0.2, 0.25) is 0 Å². The van der Waals surface area contributed by atoms with Gasteiger partial charge in [0.05, 0.1) is 0 Å². The number of hydrogen-bond donors (Lipinski definition) is 2. The monoisotopic (exact) mass is 192 g/mol. The van der Waals surface area contributed by atoms with E-state index in [2.05, 4.69) is 5.32 Å². The van der Waals surface area contributed by atoms with Crippen molar-refractivity contribution in [2.75, 3.05) is 13.1 Å². The number of nitrogens with zero attached hydrogens (tertiary/aromatic N) is 1. The largest absolute Gasteiger partial charge is 0.465 e. The van der Waals surface area contributed by atoms with Gasteiger partial charge in [0.1, 0.15) is 0 Å². The highest BCUT2D eigenvalue weighted by Crippen LogP contribution is 2.25. The molecular formula is C7H13ClN2O2. The van der Waals surface area contributed by atoms with Gasteiger partial charge in [-0.15, -0.1) is 12.4 Å². The Labute approximate surface area is 77.3 Å². The van der Waals surface area contributed by atoms with E-state index in [4.69, 9.17) is 5.11 Å². The number of hydrogen-bond acceptors (Lipinski definition) is 2. The Hall–Kier alpha value is -0.480. The summed E-state index contributed by atoms with van der Waals surface area (Å²) in [6, 6.07) is 0.484. The maximum atomic E-state index is 10.7. The summed E-state index contributed by atoms with van der Waals surface area (Å²) in [6.45, 7) is 1.67. The molecule has 0 aromatic carbocycles. The van der Waals surface area contributed by atoms with Crippen LogP contribution in [-0.4, -0.2) is 41.3 Å². The van der Waals surface area contributed by atoms with Gasteiger partial charge in [-0.1, -0.05) is 0 Å². The molecule has 70 valence electrons. The van der Waals surface area contributed by atoms with Crippen LogP contribution in [-0.2, 0) is 0 Å². The van der Waals surface area contributed by atoms with Crippen molar-refractivity contribution in [1.82, 2.24) is 10.2 Å². The van der Waals surface area contributed by atoms with E-state index in [1.165, 1.54) is 0 Å². The topological polar surface area (TPSA) is 52.6 Å². The number of amides is 1. The molecule has 0 saturated carbocycles. The van der Waals surface area contributed by atoms with Crippen molar-refractivity contribution in [1.29, 1.82) is 0 Å². The van der Waals surface area contributed by atoms with Gasteiger partial charge in [-0.25, -0.2) is 4.79 Å². The van der Waals surface area contributed by atoms with Crippen LogP contribution >= 0.6 is 12.4 Å². The smallest absolute Gasteiger partial charge is 0.407 e. The van der Waals surface area contributed by atoms with Crippen molar-refractivity contribution in [3.8, 4) is 0 Å². The molecule has 2 fully saturated rings. The summed E-state index contributed by atoms with van der Waals surface area (Å²) in [5, 5.41) is 12.0. The molecule has 2 unspecified atom stereocenters. The quantitative estimate of drug-likeness (QED) is 0.589. The van der Waals surface area contributed by atoms with Crippen molar-refractivity contribution in [3.05, 3.63) is 0 Å². The summed E-state index contributed by atoms with van der Waals surface area (Å²) < 4.78 is 0. The van der Waals surface area contributed by atoms with E-state index in [0.717, 1.165) is 25.9 Å².